The molecule has 0 fully saturated rings. The molecule has 0 spiro atoms. The number of likely N-dealkylation sites (N-methyl/N-ethyl adjacent to an activating group) is 2. The summed E-state index contributed by atoms with van der Waals surface area (Å²) in [5, 5.41) is 30.6. The normalized spacial score (nSPS) is 12.2. The molecule has 4 aromatic carbocycles. The molecule has 0 aliphatic heterocycles. The molecule has 308 valence electrons. The largest absolute Gasteiger partial charge is 0.480 e. The van der Waals surface area contributed by atoms with Crippen molar-refractivity contribution in [2.24, 2.45) is 0 Å². The average Bonchev–Trinajstić information content (AvgIpc) is 3.19. The lowest BCUT2D eigenvalue weighted by molar-refractivity contribution is -0.142. The highest BCUT2D eigenvalue weighted by atomic mass is 16.4. The van der Waals surface area contributed by atoms with Gasteiger partial charge in [-0.05, 0) is 61.6 Å². The number of amides is 4. The number of aromatic nitrogens is 1. The molecule has 0 radical (unpaired) electrons. The molecule has 0 bridgehead atoms. The zero-order chi connectivity index (χ0) is 42.5. The highest BCUT2D eigenvalue weighted by molar-refractivity contribution is 5.99. The van der Waals surface area contributed by atoms with E-state index < -0.39 is 35.8 Å². The van der Waals surface area contributed by atoms with E-state index in [0.717, 1.165) is 11.1 Å². The number of aliphatic carboxylic acids is 2. The summed E-state index contributed by atoms with van der Waals surface area (Å²) in [6.45, 7) is 0.210. The second-order valence-electron chi connectivity index (χ2n) is 14.3. The Morgan fingerprint density at radius 2 is 0.966 bits per heavy atom. The first-order chi connectivity index (χ1) is 28.2. The van der Waals surface area contributed by atoms with Crippen LogP contribution < -0.4 is 26.7 Å². The van der Waals surface area contributed by atoms with Crippen molar-refractivity contribution in [2.75, 3.05) is 50.9 Å². The van der Waals surface area contributed by atoms with Crippen LogP contribution in [-0.2, 0) is 41.6 Å². The lowest BCUT2D eigenvalue weighted by Crippen LogP contribution is -2.46. The maximum Gasteiger partial charge on any atom is 0.326 e. The van der Waals surface area contributed by atoms with Crippen LogP contribution in [0.3, 0.4) is 0 Å². The predicted octanol–water partition coefficient (Wildman–Crippen LogP) is 2.83. The fourth-order valence-electron chi connectivity index (χ4n) is 6.40. The van der Waals surface area contributed by atoms with Gasteiger partial charge < -0.3 is 36.5 Å². The first-order valence-electron chi connectivity index (χ1n) is 18.9. The SMILES string of the molecule is CN(CCC(=O)Nc1ccc2c(=O)c3ccc(NC(=O)CCN(C)CC(=O)N[C@@H](Cc4ccccc4)C(=O)O)cc3[nH]c2c1)CC(=O)N[C@@H](Cc1ccccc1)C(=O)O. The second-order valence-corrected chi connectivity index (χ2v) is 14.3. The Hall–Kier alpha value is -6.91. The smallest absolute Gasteiger partial charge is 0.326 e. The minimum Gasteiger partial charge on any atom is -0.480 e. The maximum absolute atomic E-state index is 13.3. The average molecular weight is 806 g/mol. The van der Waals surface area contributed by atoms with Gasteiger partial charge in [-0.25, -0.2) is 9.59 Å². The summed E-state index contributed by atoms with van der Waals surface area (Å²) in [6.07, 6.45) is 0.346. The molecule has 5 aromatic rings. The van der Waals surface area contributed by atoms with Crippen molar-refractivity contribution >= 4 is 68.7 Å². The summed E-state index contributed by atoms with van der Waals surface area (Å²) in [6, 6.07) is 25.5. The molecule has 1 aromatic heterocycles. The van der Waals surface area contributed by atoms with Crippen molar-refractivity contribution in [3.63, 3.8) is 0 Å². The van der Waals surface area contributed by atoms with Crippen LogP contribution in [0.1, 0.15) is 24.0 Å². The van der Waals surface area contributed by atoms with Crippen molar-refractivity contribution in [3.05, 3.63) is 118 Å². The molecule has 0 aliphatic rings. The Labute approximate surface area is 339 Å². The molecule has 0 unspecified atom stereocenters. The van der Waals surface area contributed by atoms with Crippen LogP contribution in [0.4, 0.5) is 11.4 Å². The van der Waals surface area contributed by atoms with Crippen molar-refractivity contribution in [2.45, 2.75) is 37.8 Å². The minimum atomic E-state index is -1.15. The number of pyridine rings is 1. The van der Waals surface area contributed by atoms with Crippen molar-refractivity contribution in [1.29, 1.82) is 0 Å². The van der Waals surface area contributed by atoms with Gasteiger partial charge in [0.25, 0.3) is 0 Å². The predicted molar refractivity (Wildman–Crippen MR) is 223 cm³/mol. The highest BCUT2D eigenvalue weighted by Crippen LogP contribution is 2.22. The van der Waals surface area contributed by atoms with E-state index in [4.69, 9.17) is 0 Å². The first kappa shape index (κ1) is 43.2. The Balaban J connectivity index is 1.10. The number of anilines is 2. The van der Waals surface area contributed by atoms with E-state index in [9.17, 15) is 43.8 Å². The van der Waals surface area contributed by atoms with Gasteiger partial charge in [0.05, 0.1) is 24.1 Å². The van der Waals surface area contributed by atoms with E-state index in [1.165, 1.54) is 0 Å². The topological polar surface area (TPSA) is 230 Å². The van der Waals surface area contributed by atoms with E-state index in [1.54, 1.807) is 109 Å². The number of H-pyrrole nitrogens is 1. The van der Waals surface area contributed by atoms with Gasteiger partial charge in [0.15, 0.2) is 5.43 Å². The molecule has 4 amide bonds. The molecule has 7 N–H and O–H groups in total. The van der Waals surface area contributed by atoms with Gasteiger partial charge in [0, 0.05) is 60.9 Å². The quantitative estimate of drug-likeness (QED) is 0.0566. The Kier molecular flexibility index (Phi) is 15.0. The summed E-state index contributed by atoms with van der Waals surface area (Å²) < 4.78 is 0. The van der Waals surface area contributed by atoms with E-state index in [-0.39, 0.29) is 69.1 Å². The summed E-state index contributed by atoms with van der Waals surface area (Å²) in [7, 11) is 3.30. The molecule has 1 heterocycles. The first-order valence-corrected chi connectivity index (χ1v) is 18.9. The summed E-state index contributed by atoms with van der Waals surface area (Å²) in [4.78, 5) is 94.1. The number of hydrogen-bond acceptors (Lipinski definition) is 9. The van der Waals surface area contributed by atoms with Gasteiger partial charge in [-0.1, -0.05) is 60.7 Å². The Morgan fingerprint density at radius 1 is 0.576 bits per heavy atom. The molecule has 0 saturated carbocycles. The zero-order valence-electron chi connectivity index (χ0n) is 32.7. The fraction of sp³-hybridized carbons (Fsp3) is 0.279. The number of nitrogens with zero attached hydrogens (tertiary/aromatic N) is 2. The summed E-state index contributed by atoms with van der Waals surface area (Å²) >= 11 is 0. The molecule has 0 saturated heterocycles. The number of benzene rings is 4. The van der Waals surface area contributed by atoms with Crippen LogP contribution in [0.25, 0.3) is 21.8 Å². The molecule has 16 heteroatoms. The van der Waals surface area contributed by atoms with Gasteiger partial charge in [0.2, 0.25) is 23.6 Å². The van der Waals surface area contributed by atoms with Crippen LogP contribution in [0.15, 0.2) is 102 Å². The van der Waals surface area contributed by atoms with Crippen LogP contribution in [0.2, 0.25) is 0 Å². The standard InChI is InChI=1S/C43H47N7O9/c1-49(25-39(53)47-35(42(56)57)21-27-9-5-3-6-10-27)19-17-37(51)44-29-13-15-31-33(23-29)46-34-24-30(14-16-32(34)41(31)55)45-38(52)18-20-50(2)26-40(54)48-36(43(58)59)22-28-11-7-4-8-12-28/h3-16,23-24,35-36H,17-22,25-26H2,1-2H3,(H,44,51)(H,45,52)(H,46,55)(H,47,53)(H,48,54)(H,56,57)(H,58,59)/t35-,36-/m0/s1. The molecule has 16 nitrogen and oxygen atoms in total. The number of aromatic amines is 1. The van der Waals surface area contributed by atoms with Gasteiger partial charge in [0.1, 0.15) is 12.1 Å². The monoisotopic (exact) mass is 805 g/mol. The zero-order valence-corrected chi connectivity index (χ0v) is 32.7. The van der Waals surface area contributed by atoms with Crippen molar-refractivity contribution < 1.29 is 39.0 Å². The molecule has 5 rings (SSSR count). The number of carbonyl (C=O) groups excluding carboxylic acids is 4. The lowest BCUT2D eigenvalue weighted by atomic mass is 10.1. The van der Waals surface area contributed by atoms with E-state index in [2.05, 4.69) is 26.3 Å². The van der Waals surface area contributed by atoms with Gasteiger partial charge in [-0.3, -0.25) is 33.8 Å². The summed E-state index contributed by atoms with van der Waals surface area (Å²) in [5.41, 5.74) is 3.08. The number of carboxylic acids is 2. The number of fused-ring (bicyclic) bond motifs is 2. The third kappa shape index (κ3) is 13.1. The molecule has 2 atom stereocenters. The van der Waals surface area contributed by atoms with E-state index >= 15 is 0 Å². The van der Waals surface area contributed by atoms with E-state index in [1.807, 2.05) is 12.1 Å². The van der Waals surface area contributed by atoms with E-state index in [0.29, 0.717) is 33.2 Å². The Morgan fingerprint density at radius 3 is 1.34 bits per heavy atom. The summed E-state index contributed by atoms with van der Waals surface area (Å²) in [5.74, 6) is -3.93. The number of rotatable bonds is 20. The second kappa shape index (κ2) is 20.5. The maximum atomic E-state index is 13.3. The van der Waals surface area contributed by atoms with Crippen LogP contribution in [-0.4, -0.2) is 113 Å². The number of hydrogen-bond donors (Lipinski definition) is 7. The molecule has 0 aliphatic carbocycles. The molecular formula is C43H47N7O9. The van der Waals surface area contributed by atoms with Crippen LogP contribution >= 0.6 is 0 Å². The third-order valence-corrected chi connectivity index (χ3v) is 9.47. The fourth-order valence-corrected chi connectivity index (χ4v) is 6.40. The van der Waals surface area contributed by atoms with Crippen LogP contribution in [0, 0.1) is 0 Å². The number of carboxylic acid groups (broad SMARTS) is 2. The minimum absolute atomic E-state index is 0.0361. The van der Waals surface area contributed by atoms with Gasteiger partial charge in [-0.2, -0.15) is 0 Å². The van der Waals surface area contributed by atoms with Gasteiger partial charge >= 0.3 is 11.9 Å². The third-order valence-electron chi connectivity index (χ3n) is 9.47. The number of carbonyl (C=O) groups is 6. The number of nitrogens with one attached hydrogen (secondary N) is 5. The molecular weight excluding hydrogens is 759 g/mol. The molecule has 59 heavy (non-hydrogen) atoms. The lowest BCUT2D eigenvalue weighted by Gasteiger charge is -2.19. The van der Waals surface area contributed by atoms with Crippen molar-refractivity contribution in [1.82, 2.24) is 25.4 Å². The van der Waals surface area contributed by atoms with Crippen molar-refractivity contribution in [3.8, 4) is 0 Å². The highest BCUT2D eigenvalue weighted by Gasteiger charge is 2.23. The Bertz CT molecular complexity index is 2210. The van der Waals surface area contributed by atoms with Crippen LogP contribution in [0.5, 0.6) is 0 Å². The van der Waals surface area contributed by atoms with Gasteiger partial charge in [-0.15, -0.1) is 0 Å².